The zero-order valence-corrected chi connectivity index (χ0v) is 18.5. The van der Waals surface area contributed by atoms with Crippen molar-refractivity contribution < 1.29 is 23.9 Å². The summed E-state index contributed by atoms with van der Waals surface area (Å²) in [6, 6.07) is 13.0. The minimum atomic E-state index is -0.816. The van der Waals surface area contributed by atoms with Gasteiger partial charge in [0, 0.05) is 16.8 Å². The predicted molar refractivity (Wildman–Crippen MR) is 122 cm³/mol. The second-order valence-electron chi connectivity index (χ2n) is 7.55. The molecule has 3 aromatic rings. The van der Waals surface area contributed by atoms with Gasteiger partial charge in [-0.05, 0) is 62.4 Å². The van der Waals surface area contributed by atoms with E-state index in [0.717, 1.165) is 16.9 Å². The summed E-state index contributed by atoms with van der Waals surface area (Å²) in [5.41, 5.74) is 3.18. The smallest absolute Gasteiger partial charge is 0.338 e. The van der Waals surface area contributed by atoms with E-state index in [2.05, 4.69) is 15.7 Å². The van der Waals surface area contributed by atoms with Crippen LogP contribution in [0.2, 0.25) is 0 Å². The summed E-state index contributed by atoms with van der Waals surface area (Å²) in [6.07, 6.45) is -0.0388. The van der Waals surface area contributed by atoms with E-state index in [9.17, 15) is 14.4 Å². The number of methoxy groups -OCH3 is 1. The van der Waals surface area contributed by atoms with Crippen LogP contribution in [-0.4, -0.2) is 41.3 Å². The van der Waals surface area contributed by atoms with Crippen molar-refractivity contribution in [3.63, 3.8) is 0 Å². The van der Waals surface area contributed by atoms with Crippen LogP contribution in [0.15, 0.2) is 48.5 Å². The Kier molecular flexibility index (Phi) is 6.12. The molecule has 170 valence electrons. The fourth-order valence-electron chi connectivity index (χ4n) is 3.69. The zero-order chi connectivity index (χ0) is 23.5. The molecule has 1 aliphatic rings. The van der Waals surface area contributed by atoms with Crippen LogP contribution in [0.1, 0.15) is 35.3 Å². The number of aromatic nitrogens is 2. The molecule has 9 nitrogen and oxygen atoms in total. The molecule has 0 saturated carbocycles. The van der Waals surface area contributed by atoms with Crippen molar-refractivity contribution in [2.75, 3.05) is 24.4 Å². The van der Waals surface area contributed by atoms with E-state index in [1.165, 1.54) is 0 Å². The molecular formula is C24H24N4O5. The van der Waals surface area contributed by atoms with E-state index in [4.69, 9.17) is 9.47 Å². The molecule has 0 spiro atoms. The van der Waals surface area contributed by atoms with Crippen LogP contribution in [0.5, 0.6) is 5.75 Å². The quantitative estimate of drug-likeness (QED) is 0.558. The van der Waals surface area contributed by atoms with Crippen LogP contribution in [0.3, 0.4) is 0 Å². The minimum absolute atomic E-state index is 0.0388. The molecule has 0 bridgehead atoms. The van der Waals surface area contributed by atoms with Crippen molar-refractivity contribution in [3.8, 4) is 17.0 Å². The number of esters is 1. The predicted octanol–water partition coefficient (Wildman–Crippen LogP) is 3.57. The average Bonchev–Trinajstić information content (AvgIpc) is 3.15. The van der Waals surface area contributed by atoms with Gasteiger partial charge in [-0.15, -0.1) is 0 Å². The summed E-state index contributed by atoms with van der Waals surface area (Å²) in [6.45, 7) is 3.87. The monoisotopic (exact) mass is 448 g/mol. The average molecular weight is 448 g/mol. The van der Waals surface area contributed by atoms with Gasteiger partial charge in [-0.1, -0.05) is 0 Å². The molecule has 0 radical (unpaired) electrons. The Morgan fingerprint density at radius 1 is 1.15 bits per heavy atom. The first-order valence-electron chi connectivity index (χ1n) is 10.5. The molecule has 33 heavy (non-hydrogen) atoms. The third kappa shape index (κ3) is 4.43. The Hall–Kier alpha value is -4.14. The molecule has 2 heterocycles. The number of hydrogen-bond donors (Lipinski definition) is 2. The zero-order valence-electron chi connectivity index (χ0n) is 18.5. The van der Waals surface area contributed by atoms with Crippen LogP contribution in [0.25, 0.3) is 11.3 Å². The highest BCUT2D eigenvalue weighted by molar-refractivity contribution is 6.02. The first kappa shape index (κ1) is 22.1. The fraction of sp³-hybridized carbons (Fsp3) is 0.250. The van der Waals surface area contributed by atoms with Crippen molar-refractivity contribution in [1.29, 1.82) is 0 Å². The van der Waals surface area contributed by atoms with Crippen molar-refractivity contribution >= 4 is 29.3 Å². The van der Waals surface area contributed by atoms with Gasteiger partial charge in [0.05, 0.1) is 31.4 Å². The highest BCUT2D eigenvalue weighted by Gasteiger charge is 2.34. The number of rotatable bonds is 6. The molecule has 1 aliphatic heterocycles. The number of amides is 2. The maximum Gasteiger partial charge on any atom is 0.338 e. The van der Waals surface area contributed by atoms with Crippen LogP contribution < -0.4 is 15.4 Å². The van der Waals surface area contributed by atoms with E-state index in [1.54, 1.807) is 43.0 Å². The van der Waals surface area contributed by atoms with Gasteiger partial charge in [0.15, 0.2) is 0 Å². The normalized spacial score (nSPS) is 14.8. The number of ether oxygens (including phenoxy) is 2. The van der Waals surface area contributed by atoms with Gasteiger partial charge in [-0.2, -0.15) is 5.10 Å². The molecule has 1 atom stereocenters. The Bertz CT molecular complexity index is 1200. The van der Waals surface area contributed by atoms with Gasteiger partial charge in [0.2, 0.25) is 11.8 Å². The molecular weight excluding hydrogens is 424 g/mol. The lowest BCUT2D eigenvalue weighted by molar-refractivity contribution is -0.125. The third-order valence-corrected chi connectivity index (χ3v) is 5.41. The minimum Gasteiger partial charge on any atom is -0.497 e. The Morgan fingerprint density at radius 2 is 1.85 bits per heavy atom. The topological polar surface area (TPSA) is 112 Å². The fourth-order valence-corrected chi connectivity index (χ4v) is 3.69. The second-order valence-corrected chi connectivity index (χ2v) is 7.55. The summed E-state index contributed by atoms with van der Waals surface area (Å²) in [7, 11) is 1.60. The van der Waals surface area contributed by atoms with Crippen molar-refractivity contribution in [1.82, 2.24) is 9.78 Å². The van der Waals surface area contributed by atoms with Crippen LogP contribution in [0.4, 0.5) is 11.5 Å². The van der Waals surface area contributed by atoms with Crippen LogP contribution in [0, 0.1) is 6.92 Å². The highest BCUT2D eigenvalue weighted by atomic mass is 16.5. The van der Waals surface area contributed by atoms with Gasteiger partial charge < -0.3 is 20.1 Å². The van der Waals surface area contributed by atoms with Gasteiger partial charge in [-0.25, -0.2) is 9.48 Å². The van der Waals surface area contributed by atoms with E-state index >= 15 is 0 Å². The first-order chi connectivity index (χ1) is 15.9. The van der Waals surface area contributed by atoms with Gasteiger partial charge in [0.1, 0.15) is 17.6 Å². The van der Waals surface area contributed by atoms with Gasteiger partial charge in [-0.3, -0.25) is 9.59 Å². The van der Waals surface area contributed by atoms with E-state index in [1.807, 2.05) is 31.2 Å². The molecule has 2 aromatic carbocycles. The number of hydrogen-bond acceptors (Lipinski definition) is 6. The van der Waals surface area contributed by atoms with E-state index in [0.29, 0.717) is 22.8 Å². The highest BCUT2D eigenvalue weighted by Crippen LogP contribution is 2.35. The standard InChI is InChI=1S/C24H24N4O5/c1-4-33-24(31)16-5-9-17(10-6-16)25-23(30)19-13-20(29)26-22-14(2)21(27-28(19)22)15-7-11-18(32-3)12-8-15/h5-12,19H,4,13H2,1-3H3,(H,25,30)(H,26,29)/t19-/m0/s1. The molecule has 9 heteroatoms. The first-order valence-corrected chi connectivity index (χ1v) is 10.5. The van der Waals surface area contributed by atoms with Crippen molar-refractivity contribution in [2.24, 2.45) is 0 Å². The summed E-state index contributed by atoms with van der Waals surface area (Å²) in [4.78, 5) is 37.2. The molecule has 1 aromatic heterocycles. The Labute approximate surface area is 190 Å². The number of carbonyl (C=O) groups is 3. The summed E-state index contributed by atoms with van der Waals surface area (Å²) < 4.78 is 11.7. The van der Waals surface area contributed by atoms with Crippen LogP contribution in [-0.2, 0) is 14.3 Å². The number of anilines is 2. The number of benzene rings is 2. The third-order valence-electron chi connectivity index (χ3n) is 5.41. The summed E-state index contributed by atoms with van der Waals surface area (Å²) in [5, 5.41) is 10.3. The molecule has 2 amide bonds. The van der Waals surface area contributed by atoms with Gasteiger partial charge >= 0.3 is 5.97 Å². The summed E-state index contributed by atoms with van der Waals surface area (Å²) >= 11 is 0. The Morgan fingerprint density at radius 3 is 2.48 bits per heavy atom. The van der Waals surface area contributed by atoms with Gasteiger partial charge in [0.25, 0.3) is 0 Å². The van der Waals surface area contributed by atoms with Crippen LogP contribution >= 0.6 is 0 Å². The van der Waals surface area contributed by atoms with E-state index < -0.39 is 12.0 Å². The maximum absolute atomic E-state index is 13.1. The number of fused-ring (bicyclic) bond motifs is 1. The lowest BCUT2D eigenvalue weighted by atomic mass is 10.1. The summed E-state index contributed by atoms with van der Waals surface area (Å²) in [5.74, 6) is 0.153. The molecule has 0 saturated heterocycles. The number of nitrogens with one attached hydrogen (secondary N) is 2. The Balaban J connectivity index is 1.58. The second kappa shape index (κ2) is 9.15. The van der Waals surface area contributed by atoms with E-state index in [-0.39, 0.29) is 24.8 Å². The number of nitrogens with zero attached hydrogens (tertiary/aromatic N) is 2. The van der Waals surface area contributed by atoms with Crippen molar-refractivity contribution in [3.05, 3.63) is 59.7 Å². The maximum atomic E-state index is 13.1. The molecule has 2 N–H and O–H groups in total. The molecule has 4 rings (SSSR count). The molecule has 0 aliphatic carbocycles. The number of carbonyl (C=O) groups excluding carboxylic acids is 3. The molecule has 0 unspecified atom stereocenters. The largest absolute Gasteiger partial charge is 0.497 e. The lowest BCUT2D eigenvalue weighted by Gasteiger charge is -2.24. The molecule has 0 fully saturated rings. The lowest BCUT2D eigenvalue weighted by Crippen LogP contribution is -2.35. The SMILES string of the molecule is CCOC(=O)c1ccc(NC(=O)[C@@H]2CC(=O)Nc3c(C)c(-c4ccc(OC)cc4)nn32)cc1. The van der Waals surface area contributed by atoms with Crippen molar-refractivity contribution in [2.45, 2.75) is 26.3 Å².